The second-order valence-corrected chi connectivity index (χ2v) is 5.11. The zero-order chi connectivity index (χ0) is 16.6. The molecule has 1 rings (SSSR count). The molecular formula is C12H15IO8. The third-order valence-corrected chi connectivity index (χ3v) is 2.96. The number of hydrogen-bond acceptors (Lipinski definition) is 7. The molecule has 9 heteroatoms. The highest BCUT2D eigenvalue weighted by atomic mass is 127. The molecule has 0 aliphatic rings. The lowest BCUT2D eigenvalue weighted by molar-refractivity contribution is -0.163. The second kappa shape index (κ2) is 9.63. The summed E-state index contributed by atoms with van der Waals surface area (Å²) in [5.41, 5.74) is 0. The van der Waals surface area contributed by atoms with Gasteiger partial charge in [-0.1, -0.05) is 0 Å². The molecule has 0 aliphatic carbocycles. The van der Waals surface area contributed by atoms with E-state index in [0.29, 0.717) is 5.75 Å². The van der Waals surface area contributed by atoms with Crippen molar-refractivity contribution in [2.24, 2.45) is 0 Å². The number of phenols is 1. The van der Waals surface area contributed by atoms with Crippen molar-refractivity contribution in [3.8, 4) is 5.75 Å². The molecule has 0 aromatic heterocycles. The van der Waals surface area contributed by atoms with Crippen molar-refractivity contribution in [2.45, 2.75) is 24.4 Å². The van der Waals surface area contributed by atoms with Crippen LogP contribution in [0.1, 0.15) is 0 Å². The number of carbonyl (C=O) groups is 2. The molecule has 0 amide bonds. The van der Waals surface area contributed by atoms with Crippen molar-refractivity contribution in [2.75, 3.05) is 0 Å². The number of aromatic hydroxyl groups is 1. The fourth-order valence-electron chi connectivity index (χ4n) is 1.06. The Morgan fingerprint density at radius 1 is 1.05 bits per heavy atom. The highest BCUT2D eigenvalue weighted by Crippen LogP contribution is 2.10. The van der Waals surface area contributed by atoms with Crippen molar-refractivity contribution in [1.82, 2.24) is 0 Å². The zero-order valence-corrected chi connectivity index (χ0v) is 12.7. The highest BCUT2D eigenvalue weighted by molar-refractivity contribution is 14.1. The molecule has 118 valence electrons. The van der Waals surface area contributed by atoms with E-state index in [1.807, 2.05) is 12.1 Å². The van der Waals surface area contributed by atoms with Crippen LogP contribution in [0.3, 0.4) is 0 Å². The van der Waals surface area contributed by atoms with Crippen LogP contribution in [0.2, 0.25) is 0 Å². The van der Waals surface area contributed by atoms with Gasteiger partial charge in [0.15, 0.2) is 12.4 Å². The summed E-state index contributed by atoms with van der Waals surface area (Å²) in [6.07, 6.45) is -8.39. The van der Waals surface area contributed by atoms with Crippen LogP contribution in [0.25, 0.3) is 0 Å². The van der Waals surface area contributed by atoms with Crippen molar-refractivity contribution in [1.29, 1.82) is 0 Å². The third-order valence-electron chi connectivity index (χ3n) is 2.24. The maximum absolute atomic E-state index is 10.1. The molecule has 1 aromatic carbocycles. The number of rotatable bonds is 5. The topological polar surface area (TPSA) is 156 Å². The molecular weight excluding hydrogens is 399 g/mol. The molecule has 8 nitrogen and oxygen atoms in total. The van der Waals surface area contributed by atoms with E-state index in [1.165, 1.54) is 0 Å². The number of halogens is 1. The van der Waals surface area contributed by atoms with E-state index in [-0.39, 0.29) is 6.29 Å². The lowest BCUT2D eigenvalue weighted by atomic mass is 10.0. The number of phenolic OH excluding ortho intramolecular Hbond substituents is 1. The monoisotopic (exact) mass is 414 g/mol. The minimum atomic E-state index is -2.25. The second-order valence-electron chi connectivity index (χ2n) is 3.87. The molecule has 0 unspecified atom stereocenters. The molecule has 4 atom stereocenters. The van der Waals surface area contributed by atoms with Gasteiger partial charge < -0.3 is 35.4 Å². The summed E-state index contributed by atoms with van der Waals surface area (Å²) < 4.78 is 1.14. The van der Waals surface area contributed by atoms with Gasteiger partial charge >= 0.3 is 5.97 Å². The summed E-state index contributed by atoms with van der Waals surface area (Å²) in [5.74, 6) is -1.44. The number of aldehydes is 1. The first kappa shape index (κ1) is 19.7. The summed E-state index contributed by atoms with van der Waals surface area (Å²) in [6.45, 7) is 0. The number of aliphatic hydroxyl groups excluding tert-OH is 4. The summed E-state index contributed by atoms with van der Waals surface area (Å²) in [6, 6.07) is 7.05. The Balaban J connectivity index is 0.000000423. The number of aliphatic carboxylic acids is 1. The predicted octanol–water partition coefficient (Wildman–Crippen LogP) is -1.29. The summed E-state index contributed by atoms with van der Waals surface area (Å²) in [5, 5.41) is 51.9. The smallest absolute Gasteiger partial charge is 0.335 e. The van der Waals surface area contributed by atoms with Crippen molar-refractivity contribution >= 4 is 34.8 Å². The summed E-state index contributed by atoms with van der Waals surface area (Å²) in [7, 11) is 0. The lowest BCUT2D eigenvalue weighted by Crippen LogP contribution is -2.48. The Morgan fingerprint density at radius 3 is 1.86 bits per heavy atom. The maximum atomic E-state index is 10.1. The quantitative estimate of drug-likeness (QED) is 0.257. The van der Waals surface area contributed by atoms with Crippen LogP contribution in [0.4, 0.5) is 0 Å². The van der Waals surface area contributed by atoms with Crippen LogP contribution >= 0.6 is 22.6 Å². The fourth-order valence-corrected chi connectivity index (χ4v) is 1.42. The SMILES string of the molecule is O=C[C@H](O)[C@@H](O)[C@H](O)[C@H](O)C(=O)O.Oc1ccc(I)cc1. The number of carboxylic acid groups (broad SMARTS) is 1. The van der Waals surface area contributed by atoms with Gasteiger partial charge in [0, 0.05) is 3.57 Å². The van der Waals surface area contributed by atoms with Crippen LogP contribution in [0.15, 0.2) is 24.3 Å². The Hall–Kier alpha value is -1.27. The minimum absolute atomic E-state index is 0.0809. The molecule has 0 bridgehead atoms. The largest absolute Gasteiger partial charge is 0.508 e. The van der Waals surface area contributed by atoms with Gasteiger partial charge in [0.1, 0.15) is 24.1 Å². The van der Waals surface area contributed by atoms with Gasteiger partial charge in [-0.2, -0.15) is 0 Å². The van der Waals surface area contributed by atoms with Gasteiger partial charge in [0.25, 0.3) is 0 Å². The molecule has 6 N–H and O–H groups in total. The van der Waals surface area contributed by atoms with Crippen LogP contribution in [0.5, 0.6) is 5.75 Å². The van der Waals surface area contributed by atoms with Crippen LogP contribution < -0.4 is 0 Å². The standard InChI is InChI=1S/C6H5IO.C6H10O7/c7-5-1-3-6(8)4-2-5;7-1-2(8)3(9)4(10)5(11)6(12)13/h1-4,8H;1-5,8-11H,(H,12,13)/t;2-,3+,4-,5-/m.0/s1. The number of hydrogen-bond donors (Lipinski definition) is 6. The van der Waals surface area contributed by atoms with Gasteiger partial charge in [-0.05, 0) is 46.9 Å². The molecule has 1 aromatic rings. The molecule has 0 heterocycles. The average Bonchev–Trinajstić information content (AvgIpc) is 2.47. The fraction of sp³-hybridized carbons (Fsp3) is 0.333. The third kappa shape index (κ3) is 7.34. The number of aliphatic hydroxyl groups is 4. The van der Waals surface area contributed by atoms with Gasteiger partial charge in [0.05, 0.1) is 0 Å². The van der Waals surface area contributed by atoms with E-state index in [0.717, 1.165) is 3.57 Å². The van der Waals surface area contributed by atoms with E-state index in [1.54, 1.807) is 12.1 Å². The predicted molar refractivity (Wildman–Crippen MR) is 78.6 cm³/mol. The highest BCUT2D eigenvalue weighted by Gasteiger charge is 2.33. The number of carboxylic acids is 1. The van der Waals surface area contributed by atoms with Crippen LogP contribution in [-0.2, 0) is 9.59 Å². The molecule has 0 fully saturated rings. The van der Waals surface area contributed by atoms with E-state index >= 15 is 0 Å². The molecule has 0 aliphatic heterocycles. The molecule has 0 saturated heterocycles. The molecule has 0 radical (unpaired) electrons. The zero-order valence-electron chi connectivity index (χ0n) is 10.6. The Morgan fingerprint density at radius 2 is 1.52 bits per heavy atom. The first-order valence-corrected chi connectivity index (χ1v) is 6.63. The van der Waals surface area contributed by atoms with E-state index in [4.69, 9.17) is 30.6 Å². The van der Waals surface area contributed by atoms with Crippen molar-refractivity contribution in [3.05, 3.63) is 27.8 Å². The van der Waals surface area contributed by atoms with Crippen LogP contribution in [-0.4, -0.2) is 67.3 Å². The Labute approximate surface area is 133 Å². The van der Waals surface area contributed by atoms with E-state index in [2.05, 4.69) is 22.6 Å². The molecule has 21 heavy (non-hydrogen) atoms. The minimum Gasteiger partial charge on any atom is -0.508 e. The van der Waals surface area contributed by atoms with Gasteiger partial charge in [-0.3, -0.25) is 0 Å². The Bertz CT molecular complexity index is 428. The van der Waals surface area contributed by atoms with Crippen LogP contribution in [0, 0.1) is 3.57 Å². The summed E-state index contributed by atoms with van der Waals surface area (Å²) >= 11 is 2.19. The average molecular weight is 414 g/mol. The van der Waals surface area contributed by atoms with E-state index in [9.17, 15) is 9.59 Å². The first-order chi connectivity index (χ1) is 9.70. The van der Waals surface area contributed by atoms with Crippen molar-refractivity contribution < 1.29 is 40.2 Å². The van der Waals surface area contributed by atoms with Gasteiger partial charge in [-0.25, -0.2) is 4.79 Å². The number of carbonyl (C=O) groups excluding carboxylic acids is 1. The van der Waals surface area contributed by atoms with Gasteiger partial charge in [0.2, 0.25) is 0 Å². The Kier molecular flexibility index (Phi) is 9.05. The molecule has 0 saturated carbocycles. The summed E-state index contributed by atoms with van der Waals surface area (Å²) in [4.78, 5) is 20.0. The normalized spacial score (nSPS) is 15.9. The van der Waals surface area contributed by atoms with E-state index < -0.39 is 30.4 Å². The first-order valence-electron chi connectivity index (χ1n) is 5.55. The molecule has 0 spiro atoms. The van der Waals surface area contributed by atoms with Gasteiger partial charge in [-0.15, -0.1) is 0 Å². The van der Waals surface area contributed by atoms with Crippen molar-refractivity contribution in [3.63, 3.8) is 0 Å². The lowest BCUT2D eigenvalue weighted by Gasteiger charge is -2.21. The maximum Gasteiger partial charge on any atom is 0.335 e. The number of benzene rings is 1.